The maximum atomic E-state index is 5.47. The van der Waals surface area contributed by atoms with Crippen molar-refractivity contribution in [2.75, 3.05) is 13.7 Å². The Morgan fingerprint density at radius 2 is 2.21 bits per heavy atom. The van der Waals surface area contributed by atoms with Crippen LogP contribution in [-0.2, 0) is 0 Å². The molecule has 0 aliphatic carbocycles. The van der Waals surface area contributed by atoms with Crippen LogP contribution in [0.1, 0.15) is 24.1 Å². The monoisotopic (exact) mass is 320 g/mol. The van der Waals surface area contributed by atoms with Gasteiger partial charge >= 0.3 is 0 Å². The highest BCUT2D eigenvalue weighted by Crippen LogP contribution is 2.32. The maximum absolute atomic E-state index is 5.47. The molecule has 0 aliphatic rings. The van der Waals surface area contributed by atoms with Crippen LogP contribution in [0, 0.1) is 0 Å². The average molecular weight is 321 g/mol. The lowest BCUT2D eigenvalue weighted by Gasteiger charge is -2.21. The van der Waals surface area contributed by atoms with Gasteiger partial charge in [-0.25, -0.2) is 0 Å². The molecule has 0 spiro atoms. The molecule has 0 fully saturated rings. The first-order chi connectivity index (χ1) is 9.26. The molecular formula is C15H17BrN2O. The minimum Gasteiger partial charge on any atom is -0.496 e. The first kappa shape index (κ1) is 14.0. The largest absolute Gasteiger partial charge is 0.496 e. The van der Waals surface area contributed by atoms with Crippen molar-refractivity contribution >= 4 is 15.9 Å². The fourth-order valence-electron chi connectivity index (χ4n) is 2.09. The fourth-order valence-corrected chi connectivity index (χ4v) is 2.47. The smallest absolute Gasteiger partial charge is 0.124 e. The molecule has 100 valence electrons. The van der Waals surface area contributed by atoms with Gasteiger partial charge in [0, 0.05) is 22.4 Å². The number of pyridine rings is 1. The van der Waals surface area contributed by atoms with E-state index in [-0.39, 0.29) is 6.04 Å². The SMILES string of the molecule is CCNC(c1cccnc1)c1cc(Br)ccc1OC. The molecule has 2 aromatic rings. The molecule has 1 atom stereocenters. The molecule has 19 heavy (non-hydrogen) atoms. The molecular weight excluding hydrogens is 304 g/mol. The van der Waals surface area contributed by atoms with Crippen LogP contribution in [0.15, 0.2) is 47.2 Å². The number of hydrogen-bond acceptors (Lipinski definition) is 3. The van der Waals surface area contributed by atoms with E-state index >= 15 is 0 Å². The molecule has 3 nitrogen and oxygen atoms in total. The lowest BCUT2D eigenvalue weighted by molar-refractivity contribution is 0.404. The molecule has 2 rings (SSSR count). The summed E-state index contributed by atoms with van der Waals surface area (Å²) in [6.45, 7) is 2.96. The Balaban J connectivity index is 2.47. The molecule has 1 aromatic carbocycles. The normalized spacial score (nSPS) is 12.2. The molecule has 1 unspecified atom stereocenters. The van der Waals surface area contributed by atoms with Gasteiger partial charge in [-0.15, -0.1) is 0 Å². The lowest BCUT2D eigenvalue weighted by Crippen LogP contribution is -2.22. The van der Waals surface area contributed by atoms with Crippen molar-refractivity contribution in [3.05, 3.63) is 58.3 Å². The lowest BCUT2D eigenvalue weighted by atomic mass is 9.99. The second kappa shape index (κ2) is 6.68. The van der Waals surface area contributed by atoms with Gasteiger partial charge in [0.25, 0.3) is 0 Å². The second-order valence-electron chi connectivity index (χ2n) is 4.16. The van der Waals surface area contributed by atoms with Gasteiger partial charge in [-0.05, 0) is 36.4 Å². The molecule has 0 saturated carbocycles. The molecule has 0 amide bonds. The number of ether oxygens (including phenoxy) is 1. The Bertz CT molecular complexity index is 531. The third-order valence-corrected chi connectivity index (χ3v) is 3.42. The average Bonchev–Trinajstić information content (AvgIpc) is 2.45. The number of halogens is 1. The molecule has 0 bridgehead atoms. The highest BCUT2D eigenvalue weighted by molar-refractivity contribution is 9.10. The van der Waals surface area contributed by atoms with Crippen LogP contribution < -0.4 is 10.1 Å². The molecule has 1 N–H and O–H groups in total. The van der Waals surface area contributed by atoms with Gasteiger partial charge in [0.15, 0.2) is 0 Å². The quantitative estimate of drug-likeness (QED) is 0.914. The maximum Gasteiger partial charge on any atom is 0.124 e. The van der Waals surface area contributed by atoms with E-state index in [0.717, 1.165) is 27.9 Å². The molecule has 0 saturated heterocycles. The topological polar surface area (TPSA) is 34.2 Å². The predicted octanol–water partition coefficient (Wildman–Crippen LogP) is 3.55. The number of hydrogen-bond donors (Lipinski definition) is 1. The summed E-state index contributed by atoms with van der Waals surface area (Å²) in [5.41, 5.74) is 2.23. The summed E-state index contributed by atoms with van der Waals surface area (Å²) < 4.78 is 6.50. The Morgan fingerprint density at radius 3 is 2.84 bits per heavy atom. The standard InChI is InChI=1S/C15H17BrN2O/c1-3-18-15(11-5-4-8-17-10-11)13-9-12(16)6-7-14(13)19-2/h4-10,15,18H,3H2,1-2H3. The summed E-state index contributed by atoms with van der Waals surface area (Å²) in [5.74, 6) is 0.873. The van der Waals surface area contributed by atoms with Gasteiger partial charge < -0.3 is 10.1 Å². The summed E-state index contributed by atoms with van der Waals surface area (Å²) in [4.78, 5) is 4.20. The zero-order valence-corrected chi connectivity index (χ0v) is 12.6. The predicted molar refractivity (Wildman–Crippen MR) is 80.5 cm³/mol. The summed E-state index contributed by atoms with van der Waals surface area (Å²) in [6, 6.07) is 10.1. The van der Waals surface area contributed by atoms with E-state index in [1.807, 2.05) is 24.4 Å². The van der Waals surface area contributed by atoms with E-state index < -0.39 is 0 Å². The van der Waals surface area contributed by atoms with Gasteiger partial charge in [-0.2, -0.15) is 0 Å². The van der Waals surface area contributed by atoms with Crippen molar-refractivity contribution in [2.45, 2.75) is 13.0 Å². The number of rotatable bonds is 5. The number of aromatic nitrogens is 1. The van der Waals surface area contributed by atoms with E-state index in [0.29, 0.717) is 0 Å². The van der Waals surface area contributed by atoms with Crippen molar-refractivity contribution in [3.63, 3.8) is 0 Å². The highest BCUT2D eigenvalue weighted by atomic mass is 79.9. The van der Waals surface area contributed by atoms with Gasteiger partial charge in [0.05, 0.1) is 13.2 Å². The Labute approximate surface area is 122 Å². The number of nitrogens with zero attached hydrogens (tertiary/aromatic N) is 1. The van der Waals surface area contributed by atoms with E-state index in [1.165, 1.54) is 0 Å². The first-order valence-corrected chi connectivity index (χ1v) is 7.02. The molecule has 1 aromatic heterocycles. The third-order valence-electron chi connectivity index (χ3n) is 2.93. The summed E-state index contributed by atoms with van der Waals surface area (Å²) in [5, 5.41) is 3.48. The van der Waals surface area contributed by atoms with Crippen LogP contribution in [0.2, 0.25) is 0 Å². The Hall–Kier alpha value is -1.39. The van der Waals surface area contributed by atoms with Crippen LogP contribution in [-0.4, -0.2) is 18.6 Å². The minimum absolute atomic E-state index is 0.0751. The van der Waals surface area contributed by atoms with Crippen LogP contribution in [0.25, 0.3) is 0 Å². The zero-order valence-electron chi connectivity index (χ0n) is 11.1. The first-order valence-electron chi connectivity index (χ1n) is 6.23. The number of benzene rings is 1. The van der Waals surface area contributed by atoms with Gasteiger partial charge in [0.1, 0.15) is 5.75 Å². The molecule has 4 heteroatoms. The van der Waals surface area contributed by atoms with Crippen molar-refractivity contribution in [1.29, 1.82) is 0 Å². The van der Waals surface area contributed by atoms with Crippen molar-refractivity contribution in [3.8, 4) is 5.75 Å². The number of nitrogens with one attached hydrogen (secondary N) is 1. The van der Waals surface area contributed by atoms with Crippen LogP contribution in [0.3, 0.4) is 0 Å². The van der Waals surface area contributed by atoms with Crippen LogP contribution in [0.5, 0.6) is 5.75 Å². The van der Waals surface area contributed by atoms with Crippen molar-refractivity contribution in [2.24, 2.45) is 0 Å². The third kappa shape index (κ3) is 3.33. The molecule has 0 radical (unpaired) electrons. The van der Waals surface area contributed by atoms with Gasteiger partial charge in [-0.1, -0.05) is 28.9 Å². The van der Waals surface area contributed by atoms with Crippen LogP contribution in [0.4, 0.5) is 0 Å². The van der Waals surface area contributed by atoms with Crippen molar-refractivity contribution < 1.29 is 4.74 Å². The Kier molecular flexibility index (Phi) is 4.93. The molecule has 1 heterocycles. The molecule has 0 aliphatic heterocycles. The number of methoxy groups -OCH3 is 1. The van der Waals surface area contributed by atoms with E-state index in [9.17, 15) is 0 Å². The zero-order chi connectivity index (χ0) is 13.7. The summed E-state index contributed by atoms with van der Waals surface area (Å²) >= 11 is 3.52. The van der Waals surface area contributed by atoms with Crippen LogP contribution >= 0.6 is 15.9 Å². The summed E-state index contributed by atoms with van der Waals surface area (Å²) in [7, 11) is 1.69. The van der Waals surface area contributed by atoms with Gasteiger partial charge in [0.2, 0.25) is 0 Å². The second-order valence-corrected chi connectivity index (χ2v) is 5.08. The summed E-state index contributed by atoms with van der Waals surface area (Å²) in [6.07, 6.45) is 3.66. The van der Waals surface area contributed by atoms with E-state index in [1.54, 1.807) is 13.3 Å². The van der Waals surface area contributed by atoms with E-state index in [4.69, 9.17) is 4.74 Å². The van der Waals surface area contributed by atoms with Crippen molar-refractivity contribution in [1.82, 2.24) is 10.3 Å². The minimum atomic E-state index is 0.0751. The van der Waals surface area contributed by atoms with Gasteiger partial charge in [-0.3, -0.25) is 4.98 Å². The Morgan fingerprint density at radius 1 is 1.37 bits per heavy atom. The fraction of sp³-hybridized carbons (Fsp3) is 0.267. The van der Waals surface area contributed by atoms with E-state index in [2.05, 4.69) is 45.3 Å². The highest BCUT2D eigenvalue weighted by Gasteiger charge is 2.17.